The van der Waals surface area contributed by atoms with Crippen LogP contribution < -0.4 is 0 Å². The molecule has 0 N–H and O–H groups in total. The van der Waals surface area contributed by atoms with Gasteiger partial charge in [-0.25, -0.2) is 0 Å². The van der Waals surface area contributed by atoms with E-state index in [1.165, 1.54) is 141 Å². The molecule has 0 aliphatic heterocycles. The maximum absolute atomic E-state index is 12.7. The fourth-order valence-corrected chi connectivity index (χ4v) is 6.90. The summed E-state index contributed by atoms with van der Waals surface area (Å²) in [6.45, 7) is 11.3. The van der Waals surface area contributed by atoms with Gasteiger partial charge in [0.15, 0.2) is 6.10 Å². The van der Waals surface area contributed by atoms with Gasteiger partial charge >= 0.3 is 17.9 Å². The quantitative estimate of drug-likeness (QED) is 0.0352. The molecule has 0 fully saturated rings. The van der Waals surface area contributed by atoms with Crippen LogP contribution in [0.1, 0.15) is 253 Å². The highest BCUT2D eigenvalue weighted by Gasteiger charge is 2.19. The summed E-state index contributed by atoms with van der Waals surface area (Å²) in [5.74, 6) is 0.747. The maximum atomic E-state index is 12.7. The van der Waals surface area contributed by atoms with Gasteiger partial charge in [-0.15, -0.1) is 0 Å². The van der Waals surface area contributed by atoms with Crippen LogP contribution in [0.25, 0.3) is 0 Å². The first kappa shape index (κ1) is 51.4. The van der Waals surface area contributed by atoms with E-state index in [4.69, 9.17) is 14.2 Å². The van der Waals surface area contributed by atoms with E-state index in [1.54, 1.807) is 0 Å². The molecular weight excluding hydrogens is 661 g/mol. The Hall–Kier alpha value is -1.59. The second kappa shape index (κ2) is 40.1. The van der Waals surface area contributed by atoms with Gasteiger partial charge in [-0.2, -0.15) is 0 Å². The Bertz CT molecular complexity index is 811. The molecule has 314 valence electrons. The van der Waals surface area contributed by atoms with Gasteiger partial charge < -0.3 is 14.2 Å². The number of hydrogen-bond acceptors (Lipinski definition) is 6. The third-order valence-corrected chi connectivity index (χ3v) is 10.8. The van der Waals surface area contributed by atoms with Crippen molar-refractivity contribution in [2.75, 3.05) is 13.2 Å². The van der Waals surface area contributed by atoms with Crippen molar-refractivity contribution in [3.8, 4) is 0 Å². The lowest BCUT2D eigenvalue weighted by Crippen LogP contribution is -2.30. The van der Waals surface area contributed by atoms with E-state index in [-0.39, 0.29) is 31.1 Å². The van der Waals surface area contributed by atoms with Gasteiger partial charge in [-0.1, -0.05) is 214 Å². The SMILES string of the molecule is CCCCCCCCCCCCCCCCC(=O)OC[C@H](COC(=O)CCCCCCCCC(C)CC)OC(=O)CCCCCCCCCCC(C)C. The number of rotatable bonds is 41. The molecule has 1 unspecified atom stereocenters. The molecule has 6 nitrogen and oxygen atoms in total. The van der Waals surface area contributed by atoms with Crippen molar-refractivity contribution in [3.05, 3.63) is 0 Å². The average molecular weight is 751 g/mol. The highest BCUT2D eigenvalue weighted by Crippen LogP contribution is 2.17. The minimum atomic E-state index is -0.761. The van der Waals surface area contributed by atoms with Crippen molar-refractivity contribution in [2.24, 2.45) is 11.8 Å². The number of unbranched alkanes of at least 4 members (excludes halogenated alkanes) is 25. The van der Waals surface area contributed by atoms with E-state index in [1.807, 2.05) is 0 Å². The van der Waals surface area contributed by atoms with Gasteiger partial charge in [0.25, 0.3) is 0 Å². The van der Waals surface area contributed by atoms with Gasteiger partial charge in [-0.05, 0) is 31.1 Å². The molecule has 0 heterocycles. The summed E-state index contributed by atoms with van der Waals surface area (Å²) in [4.78, 5) is 37.7. The lowest BCUT2D eigenvalue weighted by Gasteiger charge is -2.18. The van der Waals surface area contributed by atoms with Gasteiger partial charge in [0, 0.05) is 19.3 Å². The third kappa shape index (κ3) is 39.9. The zero-order valence-electron chi connectivity index (χ0n) is 36.1. The van der Waals surface area contributed by atoms with E-state index >= 15 is 0 Å². The van der Waals surface area contributed by atoms with Crippen LogP contribution >= 0.6 is 0 Å². The molecule has 0 saturated carbocycles. The Balaban J connectivity index is 4.33. The van der Waals surface area contributed by atoms with E-state index in [0.717, 1.165) is 69.6 Å². The predicted octanol–water partition coefficient (Wildman–Crippen LogP) is 14.6. The molecule has 0 aromatic carbocycles. The molecule has 0 aliphatic carbocycles. The fourth-order valence-electron chi connectivity index (χ4n) is 6.90. The largest absolute Gasteiger partial charge is 0.462 e. The van der Waals surface area contributed by atoms with Crippen LogP contribution in [-0.2, 0) is 28.6 Å². The molecule has 6 heteroatoms. The molecule has 0 bridgehead atoms. The van der Waals surface area contributed by atoms with E-state index in [9.17, 15) is 14.4 Å². The molecule has 0 aliphatic rings. The van der Waals surface area contributed by atoms with E-state index in [2.05, 4.69) is 34.6 Å². The molecule has 0 amide bonds. The van der Waals surface area contributed by atoms with Crippen molar-refractivity contribution >= 4 is 17.9 Å². The number of esters is 3. The summed E-state index contributed by atoms with van der Waals surface area (Å²) in [7, 11) is 0. The highest BCUT2D eigenvalue weighted by molar-refractivity contribution is 5.71. The second-order valence-corrected chi connectivity index (χ2v) is 16.8. The van der Waals surface area contributed by atoms with Crippen LogP contribution in [0.15, 0.2) is 0 Å². The summed E-state index contributed by atoms with van der Waals surface area (Å²) < 4.78 is 16.7. The molecule has 0 rings (SSSR count). The molecule has 0 aromatic rings. The number of ether oxygens (including phenoxy) is 3. The van der Waals surface area contributed by atoms with Crippen molar-refractivity contribution in [3.63, 3.8) is 0 Å². The van der Waals surface area contributed by atoms with Gasteiger partial charge in [0.1, 0.15) is 13.2 Å². The highest BCUT2D eigenvalue weighted by atomic mass is 16.6. The molecule has 0 radical (unpaired) electrons. The van der Waals surface area contributed by atoms with Crippen LogP contribution in [0.5, 0.6) is 0 Å². The standard InChI is InChI=1S/C47H90O6/c1-6-8-9-10-11-12-13-14-15-16-17-21-27-32-37-45(48)51-40-44(41-52-46(49)38-33-28-24-23-26-31-36-43(5)7-2)53-47(50)39-34-29-22-19-18-20-25-30-35-42(3)4/h42-44H,6-41H2,1-5H3/t43?,44-/m1/s1. The van der Waals surface area contributed by atoms with Crippen molar-refractivity contribution < 1.29 is 28.6 Å². The first-order valence-corrected chi connectivity index (χ1v) is 23.3. The Morgan fingerprint density at radius 3 is 1.08 bits per heavy atom. The van der Waals surface area contributed by atoms with Gasteiger partial charge in [0.2, 0.25) is 0 Å². The number of carbonyl (C=O) groups excluding carboxylic acids is 3. The van der Waals surface area contributed by atoms with Crippen LogP contribution in [0, 0.1) is 11.8 Å². The topological polar surface area (TPSA) is 78.9 Å². The minimum Gasteiger partial charge on any atom is -0.462 e. The van der Waals surface area contributed by atoms with Crippen LogP contribution in [0.4, 0.5) is 0 Å². The van der Waals surface area contributed by atoms with Crippen LogP contribution in [0.3, 0.4) is 0 Å². The summed E-state index contributed by atoms with van der Waals surface area (Å²) in [6, 6.07) is 0. The van der Waals surface area contributed by atoms with Crippen molar-refractivity contribution in [1.29, 1.82) is 0 Å². The second-order valence-electron chi connectivity index (χ2n) is 16.8. The Morgan fingerprint density at radius 1 is 0.396 bits per heavy atom. The Labute approximate surface area is 329 Å². The maximum Gasteiger partial charge on any atom is 0.306 e. The summed E-state index contributed by atoms with van der Waals surface area (Å²) in [6.07, 6.45) is 38.1. The monoisotopic (exact) mass is 751 g/mol. The fraction of sp³-hybridized carbons (Fsp3) is 0.936. The van der Waals surface area contributed by atoms with Crippen molar-refractivity contribution in [1.82, 2.24) is 0 Å². The summed E-state index contributed by atoms with van der Waals surface area (Å²) in [5.41, 5.74) is 0. The summed E-state index contributed by atoms with van der Waals surface area (Å²) >= 11 is 0. The summed E-state index contributed by atoms with van der Waals surface area (Å²) in [5, 5.41) is 0. The Morgan fingerprint density at radius 2 is 0.717 bits per heavy atom. The molecule has 2 atom stereocenters. The lowest BCUT2D eigenvalue weighted by atomic mass is 10.00. The Kier molecular flexibility index (Phi) is 38.9. The van der Waals surface area contributed by atoms with Gasteiger partial charge in [-0.3, -0.25) is 14.4 Å². The smallest absolute Gasteiger partial charge is 0.306 e. The minimum absolute atomic E-state index is 0.0656. The average Bonchev–Trinajstić information content (AvgIpc) is 3.14. The molecule has 0 spiro atoms. The third-order valence-electron chi connectivity index (χ3n) is 10.8. The lowest BCUT2D eigenvalue weighted by molar-refractivity contribution is -0.167. The zero-order chi connectivity index (χ0) is 39.0. The van der Waals surface area contributed by atoms with Crippen molar-refractivity contribution in [2.45, 2.75) is 259 Å². The van der Waals surface area contributed by atoms with Gasteiger partial charge in [0.05, 0.1) is 0 Å². The first-order valence-electron chi connectivity index (χ1n) is 23.3. The number of carbonyl (C=O) groups is 3. The molecular formula is C47H90O6. The normalized spacial score (nSPS) is 12.6. The molecule has 0 aromatic heterocycles. The van der Waals surface area contributed by atoms with Crippen LogP contribution in [0.2, 0.25) is 0 Å². The first-order chi connectivity index (χ1) is 25.8. The zero-order valence-corrected chi connectivity index (χ0v) is 36.1. The van der Waals surface area contributed by atoms with Crippen LogP contribution in [-0.4, -0.2) is 37.2 Å². The van der Waals surface area contributed by atoms with E-state index in [0.29, 0.717) is 19.3 Å². The molecule has 53 heavy (non-hydrogen) atoms. The number of hydrogen-bond donors (Lipinski definition) is 0. The molecule has 0 saturated heterocycles. The predicted molar refractivity (Wildman–Crippen MR) is 224 cm³/mol. The van der Waals surface area contributed by atoms with E-state index < -0.39 is 6.10 Å².